The van der Waals surface area contributed by atoms with Crippen molar-refractivity contribution in [3.8, 4) is 11.1 Å². The van der Waals surface area contributed by atoms with Gasteiger partial charge in [-0.15, -0.1) is 11.3 Å². The third kappa shape index (κ3) is 5.17. The second kappa shape index (κ2) is 8.88. The SMILES string of the molecule is CC.O/N=C(/Br)CCc1cc(-c2ccccc2)cs1. The highest BCUT2D eigenvalue weighted by molar-refractivity contribution is 9.18. The van der Waals surface area contributed by atoms with Crippen molar-refractivity contribution >= 4 is 31.9 Å². The number of oxime groups is 1. The van der Waals surface area contributed by atoms with Crippen LogP contribution in [-0.4, -0.2) is 9.83 Å². The molecule has 0 atom stereocenters. The molecule has 0 aliphatic rings. The van der Waals surface area contributed by atoms with Gasteiger partial charge >= 0.3 is 0 Å². The first-order valence-electron chi connectivity index (χ1n) is 6.29. The second-order valence-electron chi connectivity index (χ2n) is 3.64. The van der Waals surface area contributed by atoms with Crippen LogP contribution in [0.15, 0.2) is 46.9 Å². The molecule has 2 aromatic rings. The normalized spacial score (nSPS) is 10.8. The van der Waals surface area contributed by atoms with E-state index in [2.05, 4.69) is 44.7 Å². The number of aryl methyl sites for hydroxylation is 1. The van der Waals surface area contributed by atoms with Gasteiger partial charge in [-0.2, -0.15) is 0 Å². The van der Waals surface area contributed by atoms with Crippen LogP contribution in [-0.2, 0) is 6.42 Å². The summed E-state index contributed by atoms with van der Waals surface area (Å²) in [5.41, 5.74) is 2.49. The van der Waals surface area contributed by atoms with Crippen molar-refractivity contribution in [1.29, 1.82) is 0 Å². The van der Waals surface area contributed by atoms with Gasteiger partial charge in [-0.05, 0) is 44.9 Å². The predicted molar refractivity (Wildman–Crippen MR) is 87.6 cm³/mol. The van der Waals surface area contributed by atoms with E-state index < -0.39 is 0 Å². The molecule has 19 heavy (non-hydrogen) atoms. The monoisotopic (exact) mass is 339 g/mol. The molecule has 0 saturated carbocycles. The smallest absolute Gasteiger partial charge is 0.122 e. The fraction of sp³-hybridized carbons (Fsp3) is 0.267. The molecule has 1 heterocycles. The largest absolute Gasteiger partial charge is 0.410 e. The van der Waals surface area contributed by atoms with Crippen LogP contribution in [0.25, 0.3) is 11.1 Å². The van der Waals surface area contributed by atoms with E-state index in [1.807, 2.05) is 32.0 Å². The zero-order valence-electron chi connectivity index (χ0n) is 11.1. The van der Waals surface area contributed by atoms with Crippen LogP contribution in [0.3, 0.4) is 0 Å². The number of hydrogen-bond donors (Lipinski definition) is 1. The molecule has 0 bridgehead atoms. The van der Waals surface area contributed by atoms with Gasteiger partial charge in [0.25, 0.3) is 0 Å². The molecule has 0 fully saturated rings. The van der Waals surface area contributed by atoms with Gasteiger partial charge < -0.3 is 5.21 Å². The molecule has 102 valence electrons. The van der Waals surface area contributed by atoms with Crippen LogP contribution in [0.1, 0.15) is 25.1 Å². The van der Waals surface area contributed by atoms with E-state index in [-0.39, 0.29) is 0 Å². The number of rotatable bonds is 4. The van der Waals surface area contributed by atoms with Gasteiger partial charge in [0.15, 0.2) is 0 Å². The zero-order valence-corrected chi connectivity index (χ0v) is 13.5. The van der Waals surface area contributed by atoms with Crippen LogP contribution in [0.2, 0.25) is 0 Å². The highest BCUT2D eigenvalue weighted by atomic mass is 79.9. The van der Waals surface area contributed by atoms with E-state index in [1.54, 1.807) is 11.3 Å². The van der Waals surface area contributed by atoms with E-state index >= 15 is 0 Å². The van der Waals surface area contributed by atoms with E-state index in [0.717, 1.165) is 12.8 Å². The molecule has 0 radical (unpaired) electrons. The Morgan fingerprint density at radius 1 is 1.21 bits per heavy atom. The third-order valence-corrected chi connectivity index (χ3v) is 4.00. The van der Waals surface area contributed by atoms with Gasteiger partial charge in [-0.25, -0.2) is 0 Å². The Bertz CT molecular complexity index is 508. The van der Waals surface area contributed by atoms with Crippen molar-refractivity contribution in [2.45, 2.75) is 26.7 Å². The quantitative estimate of drug-likeness (QED) is 0.441. The average molecular weight is 340 g/mol. The van der Waals surface area contributed by atoms with E-state index in [4.69, 9.17) is 5.21 Å². The first-order chi connectivity index (χ1) is 9.29. The fourth-order valence-corrected chi connectivity index (χ4v) is 2.67. The molecule has 1 aromatic carbocycles. The number of nitrogens with zero attached hydrogens (tertiary/aromatic N) is 1. The minimum atomic E-state index is 0.590. The Labute approximate surface area is 126 Å². The molecule has 0 spiro atoms. The zero-order chi connectivity index (χ0) is 14.1. The summed E-state index contributed by atoms with van der Waals surface area (Å²) in [6, 6.07) is 12.5. The maximum absolute atomic E-state index is 8.54. The van der Waals surface area contributed by atoms with Crippen molar-refractivity contribution in [3.05, 3.63) is 46.7 Å². The lowest BCUT2D eigenvalue weighted by molar-refractivity contribution is 0.319. The lowest BCUT2D eigenvalue weighted by Crippen LogP contribution is -1.89. The molecule has 1 N–H and O–H groups in total. The second-order valence-corrected chi connectivity index (χ2v) is 5.56. The van der Waals surface area contributed by atoms with Crippen LogP contribution in [0.5, 0.6) is 0 Å². The maximum atomic E-state index is 8.54. The van der Waals surface area contributed by atoms with E-state index in [1.165, 1.54) is 16.0 Å². The highest BCUT2D eigenvalue weighted by Crippen LogP contribution is 2.26. The third-order valence-electron chi connectivity index (χ3n) is 2.45. The summed E-state index contributed by atoms with van der Waals surface area (Å²) < 4.78 is 0.590. The minimum Gasteiger partial charge on any atom is -0.410 e. The number of hydrogen-bond acceptors (Lipinski definition) is 3. The molecule has 4 heteroatoms. The van der Waals surface area contributed by atoms with Gasteiger partial charge in [0.1, 0.15) is 4.62 Å². The Balaban J connectivity index is 0.000000861. The van der Waals surface area contributed by atoms with Crippen LogP contribution < -0.4 is 0 Å². The molecule has 0 saturated heterocycles. The Morgan fingerprint density at radius 3 is 2.53 bits per heavy atom. The Hall–Kier alpha value is -1.13. The summed E-state index contributed by atoms with van der Waals surface area (Å²) >= 11 is 4.93. The summed E-state index contributed by atoms with van der Waals surface area (Å²) in [7, 11) is 0. The lowest BCUT2D eigenvalue weighted by Gasteiger charge is -1.96. The molecule has 2 rings (SSSR count). The molecule has 1 aromatic heterocycles. The summed E-state index contributed by atoms with van der Waals surface area (Å²) in [6.45, 7) is 4.00. The maximum Gasteiger partial charge on any atom is 0.122 e. The van der Waals surface area contributed by atoms with Gasteiger partial charge in [-0.3, -0.25) is 0 Å². The first kappa shape index (κ1) is 15.9. The summed E-state index contributed by atoms with van der Waals surface area (Å²) in [4.78, 5) is 1.30. The molecule has 0 aliphatic carbocycles. The van der Waals surface area contributed by atoms with Crippen LogP contribution >= 0.6 is 27.3 Å². The molecular formula is C15H18BrNOS. The van der Waals surface area contributed by atoms with Crippen molar-refractivity contribution in [2.24, 2.45) is 5.16 Å². The van der Waals surface area contributed by atoms with E-state index in [9.17, 15) is 0 Å². The van der Waals surface area contributed by atoms with Crippen LogP contribution in [0, 0.1) is 0 Å². The van der Waals surface area contributed by atoms with Crippen LogP contribution in [0.4, 0.5) is 0 Å². The van der Waals surface area contributed by atoms with E-state index in [0.29, 0.717) is 4.62 Å². The standard InChI is InChI=1S/C13H12BrNOS.C2H6/c14-13(15-16)7-6-12-8-11(9-17-12)10-4-2-1-3-5-10;1-2/h1-5,8-9,16H,6-7H2;1-2H3/b15-13+;. The van der Waals surface area contributed by atoms with Crippen molar-refractivity contribution in [2.75, 3.05) is 0 Å². The van der Waals surface area contributed by atoms with Gasteiger partial charge in [0.05, 0.1) is 0 Å². The number of thiophene rings is 1. The summed E-state index contributed by atoms with van der Waals surface area (Å²) in [6.07, 6.45) is 1.62. The molecule has 0 amide bonds. The molecule has 0 aliphatic heterocycles. The molecular weight excluding hydrogens is 322 g/mol. The van der Waals surface area contributed by atoms with Crippen molar-refractivity contribution in [3.63, 3.8) is 0 Å². The minimum absolute atomic E-state index is 0.590. The Kier molecular flexibility index (Phi) is 7.45. The molecule has 0 unspecified atom stereocenters. The Morgan fingerprint density at radius 2 is 1.89 bits per heavy atom. The van der Waals surface area contributed by atoms with Crippen molar-refractivity contribution < 1.29 is 5.21 Å². The van der Waals surface area contributed by atoms with Gasteiger partial charge in [-0.1, -0.05) is 49.3 Å². The summed E-state index contributed by atoms with van der Waals surface area (Å²) in [5, 5.41) is 13.8. The first-order valence-corrected chi connectivity index (χ1v) is 7.96. The summed E-state index contributed by atoms with van der Waals surface area (Å²) in [5.74, 6) is 0. The van der Waals surface area contributed by atoms with Gasteiger partial charge in [0.2, 0.25) is 0 Å². The number of benzene rings is 1. The lowest BCUT2D eigenvalue weighted by atomic mass is 10.1. The van der Waals surface area contributed by atoms with Crippen molar-refractivity contribution in [1.82, 2.24) is 0 Å². The fourth-order valence-electron chi connectivity index (χ4n) is 1.57. The highest BCUT2D eigenvalue weighted by Gasteiger charge is 2.03. The van der Waals surface area contributed by atoms with Gasteiger partial charge in [0, 0.05) is 11.3 Å². The average Bonchev–Trinajstić information content (AvgIpc) is 2.96. The number of halogens is 1. The topological polar surface area (TPSA) is 32.6 Å². The predicted octanol–water partition coefficient (Wildman–Crippen LogP) is 5.56. The molecule has 2 nitrogen and oxygen atoms in total.